The minimum absolute atomic E-state index is 0.0871. The van der Waals surface area contributed by atoms with Crippen LogP contribution in [0.1, 0.15) is 10.4 Å². The topological polar surface area (TPSA) is 116 Å². The van der Waals surface area contributed by atoms with Crippen LogP contribution in [0.4, 0.5) is 5.69 Å². The van der Waals surface area contributed by atoms with E-state index in [4.69, 9.17) is 21.5 Å². The van der Waals surface area contributed by atoms with Gasteiger partial charge in [-0.05, 0) is 30.3 Å². The highest BCUT2D eigenvalue weighted by Crippen LogP contribution is 2.21. The number of amides is 1. The molecular formula is C15H13ClN2O5S. The van der Waals surface area contributed by atoms with Crippen LogP contribution in [0.15, 0.2) is 53.4 Å². The van der Waals surface area contributed by atoms with Gasteiger partial charge < -0.3 is 10.1 Å². The van der Waals surface area contributed by atoms with Gasteiger partial charge in [0.15, 0.2) is 6.61 Å². The first-order valence-corrected chi connectivity index (χ1v) is 8.54. The number of halogens is 1. The Hall–Kier alpha value is -2.42. The lowest BCUT2D eigenvalue weighted by Gasteiger charge is -2.08. The summed E-state index contributed by atoms with van der Waals surface area (Å²) >= 11 is 5.73. The molecule has 2 rings (SSSR count). The van der Waals surface area contributed by atoms with Crippen LogP contribution < -0.4 is 10.5 Å². The van der Waals surface area contributed by atoms with Crippen molar-refractivity contribution < 1.29 is 22.7 Å². The molecule has 0 aliphatic carbocycles. The van der Waals surface area contributed by atoms with Crippen LogP contribution in [0.5, 0.6) is 0 Å². The molecule has 0 bridgehead atoms. The highest BCUT2D eigenvalue weighted by atomic mass is 35.5. The van der Waals surface area contributed by atoms with E-state index in [1.165, 1.54) is 12.1 Å². The largest absolute Gasteiger partial charge is 0.452 e. The molecule has 0 atom stereocenters. The number of nitrogens with two attached hydrogens (primary N) is 1. The van der Waals surface area contributed by atoms with Gasteiger partial charge in [0.2, 0.25) is 10.0 Å². The van der Waals surface area contributed by atoms with Crippen molar-refractivity contribution in [1.29, 1.82) is 0 Å². The molecule has 9 heteroatoms. The monoisotopic (exact) mass is 368 g/mol. The normalized spacial score (nSPS) is 10.9. The molecule has 3 N–H and O–H groups in total. The van der Waals surface area contributed by atoms with Crippen LogP contribution in [0, 0.1) is 0 Å². The first-order valence-electron chi connectivity index (χ1n) is 6.62. The van der Waals surface area contributed by atoms with E-state index in [2.05, 4.69) is 5.32 Å². The first kappa shape index (κ1) is 17.9. The van der Waals surface area contributed by atoms with E-state index in [-0.39, 0.29) is 10.6 Å². The number of primary sulfonamides is 1. The number of carbonyl (C=O) groups is 2. The number of para-hydroxylation sites is 1. The molecule has 0 saturated heterocycles. The Balaban J connectivity index is 2.01. The van der Waals surface area contributed by atoms with E-state index >= 15 is 0 Å². The van der Waals surface area contributed by atoms with Crippen molar-refractivity contribution in [2.24, 2.45) is 5.14 Å². The molecule has 0 aromatic heterocycles. The maximum absolute atomic E-state index is 11.9. The average Bonchev–Trinajstić information content (AvgIpc) is 2.53. The molecule has 0 spiro atoms. The third-order valence-electron chi connectivity index (χ3n) is 2.87. The average molecular weight is 369 g/mol. The second kappa shape index (κ2) is 7.43. The zero-order valence-corrected chi connectivity index (χ0v) is 13.8. The van der Waals surface area contributed by atoms with Crippen LogP contribution in [-0.4, -0.2) is 26.9 Å². The molecule has 2 aromatic carbocycles. The Kier molecular flexibility index (Phi) is 5.55. The third kappa shape index (κ3) is 4.79. The van der Waals surface area contributed by atoms with Gasteiger partial charge in [-0.25, -0.2) is 18.4 Å². The summed E-state index contributed by atoms with van der Waals surface area (Å²) in [6.45, 7) is -0.527. The van der Waals surface area contributed by atoms with Gasteiger partial charge in [-0.1, -0.05) is 29.8 Å². The van der Waals surface area contributed by atoms with Gasteiger partial charge in [0, 0.05) is 5.69 Å². The lowest BCUT2D eigenvalue weighted by Crippen LogP contribution is -2.21. The minimum atomic E-state index is -4.08. The number of ether oxygens (including phenoxy) is 1. The third-order valence-corrected chi connectivity index (χ3v) is 4.26. The molecule has 0 aliphatic rings. The van der Waals surface area contributed by atoms with Crippen molar-refractivity contribution in [1.82, 2.24) is 0 Å². The smallest absolute Gasteiger partial charge is 0.338 e. The molecule has 0 unspecified atom stereocenters. The van der Waals surface area contributed by atoms with Gasteiger partial charge in [-0.2, -0.15) is 0 Å². The highest BCUT2D eigenvalue weighted by molar-refractivity contribution is 7.89. The Morgan fingerprint density at radius 1 is 1.12 bits per heavy atom. The van der Waals surface area contributed by atoms with Crippen molar-refractivity contribution in [2.45, 2.75) is 4.90 Å². The molecule has 7 nitrogen and oxygen atoms in total. The second-order valence-corrected chi connectivity index (χ2v) is 6.62. The number of benzene rings is 2. The van der Waals surface area contributed by atoms with E-state index in [9.17, 15) is 18.0 Å². The molecule has 24 heavy (non-hydrogen) atoms. The van der Waals surface area contributed by atoms with Gasteiger partial charge >= 0.3 is 5.97 Å². The van der Waals surface area contributed by atoms with Gasteiger partial charge in [-0.3, -0.25) is 4.79 Å². The standard InChI is InChI=1S/C15H13ClN2O5S/c16-12-7-6-10(8-13(12)24(17,21)22)15(20)23-9-14(19)18-11-4-2-1-3-5-11/h1-8H,9H2,(H,18,19)(H2,17,21,22). The SMILES string of the molecule is NS(=O)(=O)c1cc(C(=O)OCC(=O)Nc2ccccc2)ccc1Cl. The number of anilines is 1. The Labute approximate surface area is 143 Å². The quantitative estimate of drug-likeness (QED) is 0.780. The van der Waals surface area contributed by atoms with E-state index in [0.29, 0.717) is 5.69 Å². The minimum Gasteiger partial charge on any atom is -0.452 e. The zero-order valence-electron chi connectivity index (χ0n) is 12.2. The fourth-order valence-corrected chi connectivity index (χ4v) is 2.85. The summed E-state index contributed by atoms with van der Waals surface area (Å²) in [6, 6.07) is 12.1. The van der Waals surface area contributed by atoms with E-state index in [1.54, 1.807) is 30.3 Å². The van der Waals surface area contributed by atoms with Crippen molar-refractivity contribution in [3.8, 4) is 0 Å². The molecule has 1 amide bonds. The van der Waals surface area contributed by atoms with Crippen molar-refractivity contribution in [3.05, 3.63) is 59.1 Å². The Morgan fingerprint density at radius 2 is 1.79 bits per heavy atom. The zero-order chi connectivity index (χ0) is 17.7. The fraction of sp³-hybridized carbons (Fsp3) is 0.0667. The predicted molar refractivity (Wildman–Crippen MR) is 88.2 cm³/mol. The molecular weight excluding hydrogens is 356 g/mol. The molecule has 0 saturated carbocycles. The van der Waals surface area contributed by atoms with E-state index in [1.807, 2.05) is 0 Å². The maximum atomic E-state index is 11.9. The number of sulfonamides is 1. The van der Waals surface area contributed by atoms with Crippen molar-refractivity contribution in [2.75, 3.05) is 11.9 Å². The molecule has 0 fully saturated rings. The highest BCUT2D eigenvalue weighted by Gasteiger charge is 2.17. The maximum Gasteiger partial charge on any atom is 0.338 e. The van der Waals surface area contributed by atoms with Gasteiger partial charge in [-0.15, -0.1) is 0 Å². The van der Waals surface area contributed by atoms with Crippen molar-refractivity contribution >= 4 is 39.2 Å². The Morgan fingerprint density at radius 3 is 2.42 bits per heavy atom. The summed E-state index contributed by atoms with van der Waals surface area (Å²) in [5.74, 6) is -1.41. The number of nitrogens with one attached hydrogen (secondary N) is 1. The predicted octanol–water partition coefficient (Wildman–Crippen LogP) is 1.78. The van der Waals surface area contributed by atoms with Gasteiger partial charge in [0.25, 0.3) is 5.91 Å². The molecule has 0 heterocycles. The number of hydrogen-bond donors (Lipinski definition) is 2. The van der Waals surface area contributed by atoms with E-state index in [0.717, 1.165) is 6.07 Å². The van der Waals surface area contributed by atoms with Gasteiger partial charge in [0.05, 0.1) is 10.6 Å². The molecule has 0 aliphatic heterocycles. The molecule has 2 aromatic rings. The number of carbonyl (C=O) groups excluding carboxylic acids is 2. The van der Waals surface area contributed by atoms with Crippen LogP contribution in [-0.2, 0) is 19.6 Å². The number of rotatable bonds is 5. The van der Waals surface area contributed by atoms with Crippen LogP contribution in [0.3, 0.4) is 0 Å². The van der Waals surface area contributed by atoms with Crippen LogP contribution >= 0.6 is 11.6 Å². The summed E-state index contributed by atoms with van der Waals surface area (Å²) in [5.41, 5.74) is 0.470. The summed E-state index contributed by atoms with van der Waals surface area (Å²) in [7, 11) is -4.08. The van der Waals surface area contributed by atoms with Gasteiger partial charge in [0.1, 0.15) is 4.90 Å². The summed E-state index contributed by atoms with van der Waals surface area (Å²) in [4.78, 5) is 23.2. The van der Waals surface area contributed by atoms with Crippen LogP contribution in [0.2, 0.25) is 5.02 Å². The molecule has 0 radical (unpaired) electrons. The number of hydrogen-bond acceptors (Lipinski definition) is 5. The lowest BCUT2D eigenvalue weighted by atomic mass is 10.2. The first-order chi connectivity index (χ1) is 11.3. The van der Waals surface area contributed by atoms with Crippen molar-refractivity contribution in [3.63, 3.8) is 0 Å². The lowest BCUT2D eigenvalue weighted by molar-refractivity contribution is -0.119. The summed E-state index contributed by atoms with van der Waals surface area (Å²) in [6.07, 6.45) is 0. The number of esters is 1. The Bertz CT molecular complexity index is 869. The second-order valence-electron chi connectivity index (χ2n) is 4.68. The van der Waals surface area contributed by atoms with E-state index < -0.39 is 33.4 Å². The summed E-state index contributed by atoms with van der Waals surface area (Å²) < 4.78 is 27.6. The van der Waals surface area contributed by atoms with Crippen LogP contribution in [0.25, 0.3) is 0 Å². The molecule has 126 valence electrons. The fourth-order valence-electron chi connectivity index (χ4n) is 1.78. The summed E-state index contributed by atoms with van der Waals surface area (Å²) in [5, 5.41) is 7.43.